The zero-order valence-corrected chi connectivity index (χ0v) is 11.6. The van der Waals surface area contributed by atoms with Crippen molar-refractivity contribution >= 4 is 11.6 Å². The lowest BCUT2D eigenvalue weighted by Crippen LogP contribution is -2.51. The van der Waals surface area contributed by atoms with Crippen LogP contribution in [0.15, 0.2) is 18.2 Å². The Morgan fingerprint density at radius 3 is 2.84 bits per heavy atom. The molecule has 104 valence electrons. The van der Waals surface area contributed by atoms with Gasteiger partial charge in [0.1, 0.15) is 0 Å². The molecule has 19 heavy (non-hydrogen) atoms. The van der Waals surface area contributed by atoms with E-state index in [1.54, 1.807) is 0 Å². The van der Waals surface area contributed by atoms with Gasteiger partial charge in [0.15, 0.2) is 0 Å². The number of aliphatic hydroxyl groups is 1. The van der Waals surface area contributed by atoms with Gasteiger partial charge in [-0.3, -0.25) is 9.69 Å². The summed E-state index contributed by atoms with van der Waals surface area (Å²) in [6.45, 7) is 6.37. The van der Waals surface area contributed by atoms with E-state index in [1.807, 2.05) is 25.1 Å². The van der Waals surface area contributed by atoms with Crippen molar-refractivity contribution < 1.29 is 9.90 Å². The molecule has 0 aromatic heterocycles. The van der Waals surface area contributed by atoms with E-state index in [9.17, 15) is 4.79 Å². The Labute approximate surface area is 114 Å². The number of hydrogen-bond donors (Lipinski definition) is 2. The Kier molecular flexibility index (Phi) is 4.56. The van der Waals surface area contributed by atoms with Gasteiger partial charge in [-0.05, 0) is 24.5 Å². The number of likely N-dealkylation sites (tertiary alicyclic amines) is 1. The fourth-order valence-electron chi connectivity index (χ4n) is 2.51. The molecule has 1 aromatic carbocycles. The van der Waals surface area contributed by atoms with Crippen molar-refractivity contribution in [2.45, 2.75) is 20.3 Å². The number of carbonyl (C=O) groups is 1. The van der Waals surface area contributed by atoms with Crippen LogP contribution in [0.4, 0.5) is 5.69 Å². The van der Waals surface area contributed by atoms with E-state index in [0.29, 0.717) is 12.5 Å². The van der Waals surface area contributed by atoms with Gasteiger partial charge in [0.05, 0.1) is 6.54 Å². The average Bonchev–Trinajstić information content (AvgIpc) is 2.35. The lowest BCUT2D eigenvalue weighted by atomic mass is 10.0. The molecule has 0 bridgehead atoms. The number of aryl methyl sites for hydroxylation is 2. The maximum Gasteiger partial charge on any atom is 0.238 e. The van der Waals surface area contributed by atoms with Crippen LogP contribution in [0.1, 0.15) is 18.1 Å². The van der Waals surface area contributed by atoms with Crippen molar-refractivity contribution in [2.24, 2.45) is 5.92 Å². The van der Waals surface area contributed by atoms with Crippen LogP contribution in [0.2, 0.25) is 0 Å². The summed E-state index contributed by atoms with van der Waals surface area (Å²) in [5.74, 6) is 0.373. The van der Waals surface area contributed by atoms with Crippen LogP contribution in [0.3, 0.4) is 0 Å². The molecule has 0 atom stereocenters. The number of para-hydroxylation sites is 1. The first kappa shape index (κ1) is 14.0. The number of hydrogen-bond acceptors (Lipinski definition) is 3. The lowest BCUT2D eigenvalue weighted by molar-refractivity contribution is -0.119. The third-order valence-corrected chi connectivity index (χ3v) is 3.66. The van der Waals surface area contributed by atoms with Gasteiger partial charge in [-0.25, -0.2) is 0 Å². The molecule has 1 aliphatic rings. The minimum Gasteiger partial charge on any atom is -0.396 e. The van der Waals surface area contributed by atoms with Gasteiger partial charge in [-0.1, -0.05) is 25.1 Å². The van der Waals surface area contributed by atoms with Crippen molar-refractivity contribution in [3.05, 3.63) is 29.3 Å². The van der Waals surface area contributed by atoms with E-state index in [0.717, 1.165) is 30.8 Å². The van der Waals surface area contributed by atoms with E-state index in [1.165, 1.54) is 5.56 Å². The highest BCUT2D eigenvalue weighted by atomic mass is 16.3. The predicted octanol–water partition coefficient (Wildman–Crippen LogP) is 1.42. The Morgan fingerprint density at radius 2 is 2.21 bits per heavy atom. The Morgan fingerprint density at radius 1 is 1.47 bits per heavy atom. The fraction of sp³-hybridized carbons (Fsp3) is 0.533. The summed E-state index contributed by atoms with van der Waals surface area (Å²) in [4.78, 5) is 14.1. The van der Waals surface area contributed by atoms with E-state index < -0.39 is 0 Å². The van der Waals surface area contributed by atoms with Gasteiger partial charge in [0, 0.05) is 31.3 Å². The Bertz CT molecular complexity index is 453. The molecule has 0 unspecified atom stereocenters. The van der Waals surface area contributed by atoms with E-state index in [4.69, 9.17) is 5.11 Å². The normalized spacial score (nSPS) is 16.2. The smallest absolute Gasteiger partial charge is 0.238 e. The average molecular weight is 262 g/mol. The Balaban J connectivity index is 1.92. The summed E-state index contributed by atoms with van der Waals surface area (Å²) in [5.41, 5.74) is 3.23. The fourth-order valence-corrected chi connectivity index (χ4v) is 2.51. The van der Waals surface area contributed by atoms with Gasteiger partial charge in [0.2, 0.25) is 5.91 Å². The monoisotopic (exact) mass is 262 g/mol. The first-order valence-electron chi connectivity index (χ1n) is 6.85. The molecule has 0 aliphatic carbocycles. The van der Waals surface area contributed by atoms with Crippen molar-refractivity contribution in [1.29, 1.82) is 0 Å². The Hall–Kier alpha value is -1.39. The van der Waals surface area contributed by atoms with Crippen LogP contribution in [-0.2, 0) is 11.2 Å². The maximum atomic E-state index is 12.0. The van der Waals surface area contributed by atoms with E-state index >= 15 is 0 Å². The number of nitrogens with one attached hydrogen (secondary N) is 1. The molecule has 1 amide bonds. The second-order valence-corrected chi connectivity index (χ2v) is 5.25. The molecule has 4 heteroatoms. The molecule has 1 aromatic rings. The van der Waals surface area contributed by atoms with Gasteiger partial charge in [-0.15, -0.1) is 0 Å². The zero-order chi connectivity index (χ0) is 13.8. The van der Waals surface area contributed by atoms with Gasteiger partial charge in [0.25, 0.3) is 0 Å². The van der Waals surface area contributed by atoms with Gasteiger partial charge < -0.3 is 10.4 Å². The van der Waals surface area contributed by atoms with Crippen LogP contribution in [-0.4, -0.2) is 42.2 Å². The molecule has 4 nitrogen and oxygen atoms in total. The summed E-state index contributed by atoms with van der Waals surface area (Å²) in [6, 6.07) is 6.08. The predicted molar refractivity (Wildman–Crippen MR) is 76.2 cm³/mol. The number of rotatable bonds is 5. The number of nitrogens with zero attached hydrogens (tertiary/aromatic N) is 1. The zero-order valence-electron chi connectivity index (χ0n) is 11.6. The topological polar surface area (TPSA) is 52.6 Å². The van der Waals surface area contributed by atoms with Gasteiger partial charge in [-0.2, -0.15) is 0 Å². The van der Waals surface area contributed by atoms with Crippen LogP contribution in [0, 0.1) is 12.8 Å². The van der Waals surface area contributed by atoms with Crippen LogP contribution < -0.4 is 5.32 Å². The molecular formula is C15H22N2O2. The van der Waals surface area contributed by atoms with Crippen LogP contribution >= 0.6 is 0 Å². The lowest BCUT2D eigenvalue weighted by Gasteiger charge is -2.37. The maximum absolute atomic E-state index is 12.0. The van der Waals surface area contributed by atoms with Crippen LogP contribution in [0.25, 0.3) is 0 Å². The third-order valence-electron chi connectivity index (χ3n) is 3.66. The first-order chi connectivity index (χ1) is 9.13. The number of carbonyl (C=O) groups excluding carboxylic acids is 1. The number of aliphatic hydroxyl groups excluding tert-OH is 1. The molecule has 1 heterocycles. The molecule has 1 aliphatic heterocycles. The second-order valence-electron chi connectivity index (χ2n) is 5.25. The van der Waals surface area contributed by atoms with Crippen molar-refractivity contribution in [2.75, 3.05) is 31.6 Å². The van der Waals surface area contributed by atoms with Crippen molar-refractivity contribution in [3.8, 4) is 0 Å². The summed E-state index contributed by atoms with van der Waals surface area (Å²) in [5, 5.41) is 12.0. The summed E-state index contributed by atoms with van der Waals surface area (Å²) >= 11 is 0. The molecule has 2 N–H and O–H groups in total. The van der Waals surface area contributed by atoms with Crippen LogP contribution in [0.5, 0.6) is 0 Å². The highest BCUT2D eigenvalue weighted by Crippen LogP contribution is 2.21. The van der Waals surface area contributed by atoms with Crippen molar-refractivity contribution in [3.63, 3.8) is 0 Å². The standard InChI is InChI=1S/C15H22N2O2/c1-3-13-6-4-5-11(2)15(13)16-14(19)9-17-7-12(8-17)10-18/h4-6,12,18H,3,7-10H2,1-2H3,(H,16,19). The SMILES string of the molecule is CCc1cccc(C)c1NC(=O)CN1CC(CO)C1. The summed E-state index contributed by atoms with van der Waals surface area (Å²) < 4.78 is 0. The molecule has 2 rings (SSSR count). The summed E-state index contributed by atoms with van der Waals surface area (Å²) in [6.07, 6.45) is 0.910. The third kappa shape index (κ3) is 3.33. The minimum absolute atomic E-state index is 0.0281. The molecule has 0 radical (unpaired) electrons. The molecule has 1 fully saturated rings. The molecular weight excluding hydrogens is 240 g/mol. The van der Waals surface area contributed by atoms with Gasteiger partial charge >= 0.3 is 0 Å². The molecule has 1 saturated heterocycles. The number of anilines is 1. The quantitative estimate of drug-likeness (QED) is 0.844. The summed E-state index contributed by atoms with van der Waals surface area (Å²) in [7, 11) is 0. The highest BCUT2D eigenvalue weighted by Gasteiger charge is 2.27. The molecule has 0 saturated carbocycles. The highest BCUT2D eigenvalue weighted by molar-refractivity contribution is 5.93. The van der Waals surface area contributed by atoms with Crippen molar-refractivity contribution in [1.82, 2.24) is 4.90 Å². The first-order valence-corrected chi connectivity index (χ1v) is 6.85. The van der Waals surface area contributed by atoms with E-state index in [2.05, 4.69) is 17.1 Å². The largest absolute Gasteiger partial charge is 0.396 e. The minimum atomic E-state index is 0.0281. The van der Waals surface area contributed by atoms with E-state index in [-0.39, 0.29) is 12.5 Å². The molecule has 0 spiro atoms. The number of benzene rings is 1. The second kappa shape index (κ2) is 6.17. The number of amides is 1.